The van der Waals surface area contributed by atoms with Crippen LogP contribution in [0.25, 0.3) is 10.9 Å². The molecule has 2 aromatic rings. The summed E-state index contributed by atoms with van der Waals surface area (Å²) in [5.41, 5.74) is 6.99. The van der Waals surface area contributed by atoms with Crippen LogP contribution in [0, 0.1) is 6.92 Å². The second-order valence-corrected chi connectivity index (χ2v) is 5.10. The molecule has 0 saturated heterocycles. The van der Waals surface area contributed by atoms with E-state index in [-0.39, 0.29) is 0 Å². The number of anilines is 1. The summed E-state index contributed by atoms with van der Waals surface area (Å²) < 4.78 is 6.47. The van der Waals surface area contributed by atoms with Crippen molar-refractivity contribution < 1.29 is 9.53 Å². The number of nitrogen functional groups attached to an aromatic ring is 1. The van der Waals surface area contributed by atoms with Crippen LogP contribution in [0.15, 0.2) is 12.4 Å². The lowest BCUT2D eigenvalue weighted by Gasteiger charge is -2.19. The number of hydrogen-bond donors (Lipinski definition) is 1. The lowest BCUT2D eigenvalue weighted by Crippen LogP contribution is -2.27. The van der Waals surface area contributed by atoms with Gasteiger partial charge in [-0.05, 0) is 27.7 Å². The predicted octanol–water partition coefficient (Wildman–Crippen LogP) is 2.11. The zero-order valence-electron chi connectivity index (χ0n) is 10.9. The molecule has 0 fully saturated rings. The number of pyridine rings is 1. The summed E-state index contributed by atoms with van der Waals surface area (Å²) in [6.07, 6.45) is 2.56. The van der Waals surface area contributed by atoms with Crippen molar-refractivity contribution in [1.82, 2.24) is 14.8 Å². The Balaban J connectivity index is 2.53. The van der Waals surface area contributed by atoms with Crippen molar-refractivity contribution in [3.05, 3.63) is 18.1 Å². The van der Waals surface area contributed by atoms with Crippen molar-refractivity contribution in [3.63, 3.8) is 0 Å². The molecule has 0 aliphatic rings. The number of carbonyl (C=O) groups is 1. The number of aromatic nitrogens is 3. The molecule has 6 heteroatoms. The van der Waals surface area contributed by atoms with Crippen LogP contribution in [0.5, 0.6) is 0 Å². The third-order valence-electron chi connectivity index (χ3n) is 2.36. The van der Waals surface area contributed by atoms with Gasteiger partial charge in [0.25, 0.3) is 0 Å². The van der Waals surface area contributed by atoms with Gasteiger partial charge in [-0.2, -0.15) is 9.78 Å². The summed E-state index contributed by atoms with van der Waals surface area (Å²) in [6.45, 7) is 7.20. The average Bonchev–Trinajstić information content (AvgIpc) is 2.55. The molecule has 0 unspecified atom stereocenters. The number of fused-ring (bicyclic) bond motifs is 1. The molecule has 96 valence electrons. The van der Waals surface area contributed by atoms with E-state index in [0.717, 1.165) is 5.39 Å². The van der Waals surface area contributed by atoms with Crippen LogP contribution in [-0.2, 0) is 4.74 Å². The Morgan fingerprint density at radius 3 is 2.67 bits per heavy atom. The molecule has 2 aromatic heterocycles. The van der Waals surface area contributed by atoms with Gasteiger partial charge >= 0.3 is 6.09 Å². The fourth-order valence-corrected chi connectivity index (χ4v) is 1.72. The molecule has 2 heterocycles. The van der Waals surface area contributed by atoms with Gasteiger partial charge in [0.1, 0.15) is 11.1 Å². The second kappa shape index (κ2) is 3.97. The maximum Gasteiger partial charge on any atom is 0.435 e. The Kier molecular flexibility index (Phi) is 2.73. The van der Waals surface area contributed by atoms with Crippen molar-refractivity contribution in [2.75, 3.05) is 5.73 Å². The van der Waals surface area contributed by atoms with Gasteiger partial charge in [0.2, 0.25) is 0 Å². The number of ether oxygens (including phenoxy) is 1. The molecular formula is C12H16N4O2. The van der Waals surface area contributed by atoms with Crippen LogP contribution in [0.2, 0.25) is 0 Å². The van der Waals surface area contributed by atoms with Gasteiger partial charge < -0.3 is 10.5 Å². The van der Waals surface area contributed by atoms with Gasteiger partial charge in [0.05, 0.1) is 23.8 Å². The maximum absolute atomic E-state index is 12.0. The standard InChI is InChI=1S/C12H16N4O2/c1-7-10-8(13)5-14-6-9(10)16(15-7)11(17)18-12(2,3)4/h5-6H,13H2,1-4H3. The number of carbonyl (C=O) groups excluding carboxylic acids is 1. The van der Waals surface area contributed by atoms with Crippen LogP contribution >= 0.6 is 0 Å². The summed E-state index contributed by atoms with van der Waals surface area (Å²) >= 11 is 0. The zero-order chi connectivity index (χ0) is 13.5. The van der Waals surface area contributed by atoms with Crippen LogP contribution in [0.1, 0.15) is 26.5 Å². The summed E-state index contributed by atoms with van der Waals surface area (Å²) in [5, 5.41) is 4.89. The molecule has 0 spiro atoms. The lowest BCUT2D eigenvalue weighted by atomic mass is 10.2. The quantitative estimate of drug-likeness (QED) is 0.772. The Morgan fingerprint density at radius 2 is 2.06 bits per heavy atom. The Hall–Kier alpha value is -2.11. The number of nitrogens with two attached hydrogens (primary N) is 1. The molecule has 0 bridgehead atoms. The van der Waals surface area contributed by atoms with E-state index in [1.54, 1.807) is 33.9 Å². The van der Waals surface area contributed by atoms with Gasteiger partial charge in [-0.3, -0.25) is 4.98 Å². The molecule has 0 aliphatic heterocycles. The van der Waals surface area contributed by atoms with Crippen molar-refractivity contribution in [1.29, 1.82) is 0 Å². The van der Waals surface area contributed by atoms with Crippen molar-refractivity contribution >= 4 is 22.7 Å². The minimum Gasteiger partial charge on any atom is -0.442 e. The molecule has 0 radical (unpaired) electrons. The fourth-order valence-electron chi connectivity index (χ4n) is 1.72. The van der Waals surface area contributed by atoms with Crippen LogP contribution in [0.4, 0.5) is 10.5 Å². The molecule has 0 amide bonds. The first-order valence-electron chi connectivity index (χ1n) is 5.62. The summed E-state index contributed by atoms with van der Waals surface area (Å²) in [5.74, 6) is 0. The van der Waals surface area contributed by atoms with Crippen molar-refractivity contribution in [2.24, 2.45) is 0 Å². The highest BCUT2D eigenvalue weighted by molar-refractivity contribution is 5.96. The highest BCUT2D eigenvalue weighted by atomic mass is 16.6. The van der Waals surface area contributed by atoms with E-state index in [0.29, 0.717) is 16.9 Å². The van der Waals surface area contributed by atoms with Crippen molar-refractivity contribution in [2.45, 2.75) is 33.3 Å². The monoisotopic (exact) mass is 248 g/mol. The van der Waals surface area contributed by atoms with Crippen LogP contribution in [0.3, 0.4) is 0 Å². The maximum atomic E-state index is 12.0. The second-order valence-electron chi connectivity index (χ2n) is 5.10. The number of nitrogens with zero attached hydrogens (tertiary/aromatic N) is 3. The molecule has 18 heavy (non-hydrogen) atoms. The minimum atomic E-state index is -0.572. The molecule has 0 aliphatic carbocycles. The average molecular weight is 248 g/mol. The lowest BCUT2D eigenvalue weighted by molar-refractivity contribution is 0.0522. The summed E-state index contributed by atoms with van der Waals surface area (Å²) in [7, 11) is 0. The van der Waals surface area contributed by atoms with Gasteiger partial charge in [-0.1, -0.05) is 0 Å². The first kappa shape index (κ1) is 12.3. The molecule has 0 aromatic carbocycles. The van der Waals surface area contributed by atoms with E-state index in [2.05, 4.69) is 10.1 Å². The van der Waals surface area contributed by atoms with E-state index in [1.165, 1.54) is 10.9 Å². The highest BCUT2D eigenvalue weighted by Crippen LogP contribution is 2.23. The number of rotatable bonds is 0. The van der Waals surface area contributed by atoms with Crippen LogP contribution < -0.4 is 5.73 Å². The first-order valence-corrected chi connectivity index (χ1v) is 5.62. The molecule has 0 saturated carbocycles. The third kappa shape index (κ3) is 2.13. The third-order valence-corrected chi connectivity index (χ3v) is 2.36. The van der Waals surface area contributed by atoms with E-state index < -0.39 is 11.7 Å². The minimum absolute atomic E-state index is 0.500. The number of hydrogen-bond acceptors (Lipinski definition) is 5. The van der Waals surface area contributed by atoms with Gasteiger partial charge in [0, 0.05) is 5.39 Å². The highest BCUT2D eigenvalue weighted by Gasteiger charge is 2.21. The zero-order valence-corrected chi connectivity index (χ0v) is 10.9. The van der Waals surface area contributed by atoms with E-state index in [1.807, 2.05) is 0 Å². The fraction of sp³-hybridized carbons (Fsp3) is 0.417. The van der Waals surface area contributed by atoms with Gasteiger partial charge in [-0.15, -0.1) is 0 Å². The van der Waals surface area contributed by atoms with Gasteiger partial charge in [-0.25, -0.2) is 4.79 Å². The molecular weight excluding hydrogens is 232 g/mol. The first-order chi connectivity index (χ1) is 8.29. The van der Waals surface area contributed by atoms with E-state index >= 15 is 0 Å². The molecule has 2 rings (SSSR count). The molecule has 0 atom stereocenters. The number of aryl methyl sites for hydroxylation is 1. The predicted molar refractivity (Wildman–Crippen MR) is 68.3 cm³/mol. The Labute approximate surface area is 105 Å². The van der Waals surface area contributed by atoms with E-state index in [9.17, 15) is 4.79 Å². The van der Waals surface area contributed by atoms with E-state index in [4.69, 9.17) is 10.5 Å². The summed E-state index contributed by atoms with van der Waals surface area (Å²) in [4.78, 5) is 16.0. The SMILES string of the molecule is Cc1nn(C(=O)OC(C)(C)C)c2cncc(N)c12. The van der Waals surface area contributed by atoms with Gasteiger partial charge in [0.15, 0.2) is 0 Å². The summed E-state index contributed by atoms with van der Waals surface area (Å²) in [6, 6.07) is 0. The van der Waals surface area contributed by atoms with Crippen molar-refractivity contribution in [3.8, 4) is 0 Å². The molecule has 2 N–H and O–H groups in total. The largest absolute Gasteiger partial charge is 0.442 e. The topological polar surface area (TPSA) is 83.0 Å². The Bertz CT molecular complexity index is 610. The Morgan fingerprint density at radius 1 is 1.39 bits per heavy atom. The smallest absolute Gasteiger partial charge is 0.435 e. The van der Waals surface area contributed by atoms with Crippen LogP contribution in [-0.4, -0.2) is 26.5 Å². The molecule has 6 nitrogen and oxygen atoms in total. The normalized spacial score (nSPS) is 11.8.